The summed E-state index contributed by atoms with van der Waals surface area (Å²) in [5.74, 6) is 0.0339. The predicted octanol–water partition coefficient (Wildman–Crippen LogP) is 3.99. The molecule has 0 spiro atoms. The van der Waals surface area contributed by atoms with Gasteiger partial charge in [0.2, 0.25) is 11.8 Å². The quantitative estimate of drug-likeness (QED) is 0.519. The minimum atomic E-state index is -0.269. The van der Waals surface area contributed by atoms with Crippen LogP contribution in [0.15, 0.2) is 35.0 Å². The molecule has 0 aliphatic rings. The molecule has 2 amide bonds. The topological polar surface area (TPSA) is 67.4 Å². The zero-order chi connectivity index (χ0) is 18.1. The molecule has 2 aromatic rings. The van der Waals surface area contributed by atoms with Crippen LogP contribution in [0.4, 0.5) is 0 Å². The van der Waals surface area contributed by atoms with Crippen molar-refractivity contribution < 1.29 is 14.3 Å². The highest BCUT2D eigenvalue weighted by molar-refractivity contribution is 7.07. The first-order chi connectivity index (χ1) is 12.0. The van der Waals surface area contributed by atoms with Gasteiger partial charge in [-0.15, -0.1) is 0 Å². The number of nitrogens with one attached hydrogen (secondary N) is 2. The normalized spacial score (nSPS) is 10.3. The largest absolute Gasteiger partial charge is 0.492 e. The molecule has 5 nitrogen and oxygen atoms in total. The Bertz CT molecular complexity index is 708. The predicted molar refractivity (Wildman–Crippen MR) is 100 cm³/mol. The standard InChI is InChI=1S/C17H18Cl2N2O3S/c18-13-4-5-15(14(19)10-13)24-8-1-2-16(22)20-21-17(23)6-3-12-7-9-25-11-12/h4-5,7,9-11H,1-3,6,8H2,(H,20,22)(H,21,23). The van der Waals surface area contributed by atoms with Gasteiger partial charge in [-0.1, -0.05) is 23.2 Å². The van der Waals surface area contributed by atoms with Crippen LogP contribution in [0.5, 0.6) is 5.75 Å². The number of aryl methyl sites for hydroxylation is 1. The molecule has 0 atom stereocenters. The van der Waals surface area contributed by atoms with Gasteiger partial charge in [-0.3, -0.25) is 20.4 Å². The Hall–Kier alpha value is -1.76. The van der Waals surface area contributed by atoms with E-state index in [1.165, 1.54) is 0 Å². The van der Waals surface area contributed by atoms with Crippen LogP contribution in [-0.4, -0.2) is 18.4 Å². The summed E-state index contributed by atoms with van der Waals surface area (Å²) in [6, 6.07) is 6.93. The van der Waals surface area contributed by atoms with Gasteiger partial charge < -0.3 is 4.74 Å². The van der Waals surface area contributed by atoms with Gasteiger partial charge in [0, 0.05) is 17.9 Å². The van der Waals surface area contributed by atoms with Crippen LogP contribution in [0.25, 0.3) is 0 Å². The Kier molecular flexibility index (Phi) is 8.04. The van der Waals surface area contributed by atoms with Crippen molar-refractivity contribution in [3.63, 3.8) is 0 Å². The second-order valence-electron chi connectivity index (χ2n) is 5.25. The van der Waals surface area contributed by atoms with Crippen molar-refractivity contribution in [3.05, 3.63) is 50.6 Å². The summed E-state index contributed by atoms with van der Waals surface area (Å²) in [6.07, 6.45) is 1.71. The number of amides is 2. The Morgan fingerprint density at radius 2 is 1.84 bits per heavy atom. The van der Waals surface area contributed by atoms with Gasteiger partial charge in [-0.2, -0.15) is 11.3 Å². The third-order valence-corrected chi connectivity index (χ3v) is 4.52. The van der Waals surface area contributed by atoms with E-state index >= 15 is 0 Å². The van der Waals surface area contributed by atoms with Gasteiger partial charge in [0.1, 0.15) is 5.75 Å². The second-order valence-corrected chi connectivity index (χ2v) is 6.88. The number of thiophene rings is 1. The summed E-state index contributed by atoms with van der Waals surface area (Å²) < 4.78 is 5.49. The fourth-order valence-corrected chi connectivity index (χ4v) is 3.13. The number of halogens is 2. The first kappa shape index (κ1) is 19.6. The molecule has 8 heteroatoms. The van der Waals surface area contributed by atoms with E-state index in [-0.39, 0.29) is 18.2 Å². The summed E-state index contributed by atoms with van der Waals surface area (Å²) in [4.78, 5) is 23.3. The average Bonchev–Trinajstić information content (AvgIpc) is 3.10. The molecule has 0 saturated heterocycles. The fourth-order valence-electron chi connectivity index (χ4n) is 1.96. The number of carbonyl (C=O) groups is 2. The lowest BCUT2D eigenvalue weighted by Gasteiger charge is -2.09. The molecule has 1 aromatic carbocycles. The van der Waals surface area contributed by atoms with Crippen molar-refractivity contribution in [2.45, 2.75) is 25.7 Å². The van der Waals surface area contributed by atoms with Crippen molar-refractivity contribution >= 4 is 46.4 Å². The molecular weight excluding hydrogens is 383 g/mol. The Balaban J connectivity index is 1.56. The third kappa shape index (κ3) is 7.34. The van der Waals surface area contributed by atoms with E-state index in [0.717, 1.165) is 5.56 Å². The maximum Gasteiger partial charge on any atom is 0.238 e. The lowest BCUT2D eigenvalue weighted by Crippen LogP contribution is -2.41. The van der Waals surface area contributed by atoms with Crippen LogP contribution in [0.2, 0.25) is 10.0 Å². The third-order valence-electron chi connectivity index (χ3n) is 3.26. The number of ether oxygens (including phenoxy) is 1. The number of rotatable bonds is 8. The lowest BCUT2D eigenvalue weighted by molar-refractivity contribution is -0.129. The van der Waals surface area contributed by atoms with Crippen LogP contribution >= 0.6 is 34.5 Å². The number of hydrogen-bond donors (Lipinski definition) is 2. The fraction of sp³-hybridized carbons (Fsp3) is 0.294. The van der Waals surface area contributed by atoms with Crippen LogP contribution in [0, 0.1) is 0 Å². The second kappa shape index (κ2) is 10.3. The van der Waals surface area contributed by atoms with E-state index < -0.39 is 0 Å². The van der Waals surface area contributed by atoms with Gasteiger partial charge >= 0.3 is 0 Å². The monoisotopic (exact) mass is 400 g/mol. The minimum absolute atomic E-state index is 0.219. The first-order valence-corrected chi connectivity index (χ1v) is 9.41. The molecular formula is C17H18Cl2N2O3S. The van der Waals surface area contributed by atoms with Crippen molar-refractivity contribution in [1.82, 2.24) is 10.9 Å². The van der Waals surface area contributed by atoms with E-state index in [1.54, 1.807) is 29.5 Å². The number of hydrazine groups is 1. The molecule has 25 heavy (non-hydrogen) atoms. The summed E-state index contributed by atoms with van der Waals surface area (Å²) in [6.45, 7) is 0.334. The molecule has 0 radical (unpaired) electrons. The maximum absolute atomic E-state index is 11.7. The van der Waals surface area contributed by atoms with Gasteiger partial charge in [-0.05, 0) is 53.4 Å². The number of carbonyl (C=O) groups excluding carboxylic acids is 2. The molecule has 2 N–H and O–H groups in total. The van der Waals surface area contributed by atoms with E-state index in [2.05, 4.69) is 10.9 Å². The molecule has 134 valence electrons. The van der Waals surface area contributed by atoms with Crippen LogP contribution in [-0.2, 0) is 16.0 Å². The SMILES string of the molecule is O=C(CCCOc1ccc(Cl)cc1Cl)NNC(=O)CCc1ccsc1. The Morgan fingerprint density at radius 3 is 2.52 bits per heavy atom. The Morgan fingerprint density at radius 1 is 1.08 bits per heavy atom. The van der Waals surface area contributed by atoms with E-state index in [9.17, 15) is 9.59 Å². The lowest BCUT2D eigenvalue weighted by atomic mass is 10.2. The highest BCUT2D eigenvalue weighted by Gasteiger charge is 2.07. The van der Waals surface area contributed by atoms with Crippen molar-refractivity contribution in [2.24, 2.45) is 0 Å². The smallest absolute Gasteiger partial charge is 0.238 e. The van der Waals surface area contributed by atoms with Crippen LogP contribution < -0.4 is 15.6 Å². The van der Waals surface area contributed by atoms with Gasteiger partial charge in [0.15, 0.2) is 0 Å². The van der Waals surface area contributed by atoms with Crippen molar-refractivity contribution in [2.75, 3.05) is 6.61 Å². The Labute approximate surface area is 160 Å². The summed E-state index contributed by atoms with van der Waals surface area (Å²) in [5, 5.41) is 4.92. The van der Waals surface area contributed by atoms with E-state index in [1.807, 2.05) is 16.8 Å². The number of hydrogen-bond acceptors (Lipinski definition) is 4. The molecule has 1 aromatic heterocycles. The van der Waals surface area contributed by atoms with Crippen LogP contribution in [0.1, 0.15) is 24.8 Å². The summed E-state index contributed by atoms with van der Waals surface area (Å²) >= 11 is 13.4. The van der Waals surface area contributed by atoms with Gasteiger partial charge in [0.05, 0.1) is 11.6 Å². The summed E-state index contributed by atoms with van der Waals surface area (Å²) in [5.41, 5.74) is 5.92. The van der Waals surface area contributed by atoms with Crippen molar-refractivity contribution in [3.8, 4) is 5.75 Å². The van der Waals surface area contributed by atoms with Crippen LogP contribution in [0.3, 0.4) is 0 Å². The van der Waals surface area contributed by atoms with Crippen molar-refractivity contribution in [1.29, 1.82) is 0 Å². The molecule has 2 rings (SSSR count). The zero-order valence-corrected chi connectivity index (χ0v) is 15.7. The number of benzene rings is 1. The van der Waals surface area contributed by atoms with E-state index in [4.69, 9.17) is 27.9 Å². The molecule has 0 bridgehead atoms. The van der Waals surface area contributed by atoms with Gasteiger partial charge in [0.25, 0.3) is 0 Å². The molecule has 0 aliphatic carbocycles. The van der Waals surface area contributed by atoms with Gasteiger partial charge in [-0.25, -0.2) is 0 Å². The molecule has 0 fully saturated rings. The molecule has 1 heterocycles. The molecule has 0 aliphatic heterocycles. The molecule has 0 saturated carbocycles. The highest BCUT2D eigenvalue weighted by atomic mass is 35.5. The molecule has 0 unspecified atom stereocenters. The minimum Gasteiger partial charge on any atom is -0.492 e. The zero-order valence-electron chi connectivity index (χ0n) is 13.4. The first-order valence-electron chi connectivity index (χ1n) is 7.71. The summed E-state index contributed by atoms with van der Waals surface area (Å²) in [7, 11) is 0. The maximum atomic E-state index is 11.7. The van der Waals surface area contributed by atoms with E-state index in [0.29, 0.717) is 41.7 Å². The average molecular weight is 401 g/mol. The highest BCUT2D eigenvalue weighted by Crippen LogP contribution is 2.27.